The van der Waals surface area contributed by atoms with E-state index in [9.17, 15) is 14.7 Å². The maximum atomic E-state index is 12.7. The van der Waals surface area contributed by atoms with Gasteiger partial charge in [0.2, 0.25) is 5.91 Å². The van der Waals surface area contributed by atoms with Crippen LogP contribution in [0.3, 0.4) is 0 Å². The van der Waals surface area contributed by atoms with E-state index in [1.807, 2.05) is 13.8 Å². The van der Waals surface area contributed by atoms with Gasteiger partial charge < -0.3 is 20.2 Å². The topological polar surface area (TPSA) is 72.9 Å². The molecule has 1 saturated heterocycles. The SMILES string of the molecule is CC(C)NC(=O)N1CCCC1C(=O)N(C)Cc1ccc(O)cc1. The number of hydrogen-bond donors (Lipinski definition) is 2. The molecular formula is C17H25N3O3. The van der Waals surface area contributed by atoms with Gasteiger partial charge >= 0.3 is 6.03 Å². The Hall–Kier alpha value is -2.24. The molecule has 1 aromatic carbocycles. The lowest BCUT2D eigenvalue weighted by Gasteiger charge is -2.28. The number of nitrogens with one attached hydrogen (secondary N) is 1. The van der Waals surface area contributed by atoms with Crippen LogP contribution in [0.4, 0.5) is 4.79 Å². The maximum absolute atomic E-state index is 12.7. The Kier molecular flexibility index (Phi) is 5.47. The van der Waals surface area contributed by atoms with Crippen LogP contribution in [0.15, 0.2) is 24.3 Å². The van der Waals surface area contributed by atoms with Crippen molar-refractivity contribution in [3.63, 3.8) is 0 Å². The highest BCUT2D eigenvalue weighted by atomic mass is 16.3. The second-order valence-corrected chi connectivity index (χ2v) is 6.32. The lowest BCUT2D eigenvalue weighted by molar-refractivity contribution is -0.134. The fraction of sp³-hybridized carbons (Fsp3) is 0.529. The molecule has 0 bridgehead atoms. The molecule has 0 aromatic heterocycles. The van der Waals surface area contributed by atoms with Crippen molar-refractivity contribution in [2.45, 2.75) is 45.3 Å². The largest absolute Gasteiger partial charge is 0.508 e. The van der Waals surface area contributed by atoms with Gasteiger partial charge in [-0.3, -0.25) is 4.79 Å². The number of phenolic OH excluding ortho intramolecular Hbond substituents is 1. The molecule has 3 amide bonds. The minimum Gasteiger partial charge on any atom is -0.508 e. The smallest absolute Gasteiger partial charge is 0.318 e. The van der Waals surface area contributed by atoms with Gasteiger partial charge in [-0.2, -0.15) is 0 Å². The van der Waals surface area contributed by atoms with Crippen LogP contribution in [0.1, 0.15) is 32.3 Å². The van der Waals surface area contributed by atoms with Crippen LogP contribution < -0.4 is 5.32 Å². The summed E-state index contributed by atoms with van der Waals surface area (Å²) in [6.45, 7) is 4.88. The molecule has 126 valence electrons. The minimum atomic E-state index is -0.393. The molecule has 6 nitrogen and oxygen atoms in total. The molecule has 1 heterocycles. The third-order valence-electron chi connectivity index (χ3n) is 3.94. The number of rotatable bonds is 4. The number of hydrogen-bond acceptors (Lipinski definition) is 3. The first-order chi connectivity index (χ1) is 10.9. The van der Waals surface area contributed by atoms with E-state index < -0.39 is 6.04 Å². The molecule has 23 heavy (non-hydrogen) atoms. The number of nitrogens with zero attached hydrogens (tertiary/aromatic N) is 2. The van der Waals surface area contributed by atoms with Gasteiger partial charge in [-0.1, -0.05) is 12.1 Å². The Morgan fingerprint density at radius 2 is 2.00 bits per heavy atom. The second kappa shape index (κ2) is 7.35. The fourth-order valence-corrected chi connectivity index (χ4v) is 2.80. The predicted molar refractivity (Wildman–Crippen MR) is 88.0 cm³/mol. The number of aromatic hydroxyl groups is 1. The molecule has 0 spiro atoms. The van der Waals surface area contributed by atoms with E-state index in [2.05, 4.69) is 5.32 Å². The average molecular weight is 319 g/mol. The van der Waals surface area contributed by atoms with Crippen LogP contribution in [0.5, 0.6) is 5.75 Å². The lowest BCUT2D eigenvalue weighted by Crippen LogP contribution is -2.51. The highest BCUT2D eigenvalue weighted by Gasteiger charge is 2.35. The van der Waals surface area contributed by atoms with E-state index in [-0.39, 0.29) is 23.7 Å². The predicted octanol–water partition coefficient (Wildman–Crippen LogP) is 1.93. The van der Waals surface area contributed by atoms with Crippen molar-refractivity contribution in [2.24, 2.45) is 0 Å². The Morgan fingerprint density at radius 3 is 2.61 bits per heavy atom. The summed E-state index contributed by atoms with van der Waals surface area (Å²) in [5.41, 5.74) is 0.940. The molecule has 2 rings (SSSR count). The molecule has 1 unspecified atom stereocenters. The van der Waals surface area contributed by atoms with Gasteiger partial charge in [-0.25, -0.2) is 4.79 Å². The number of amides is 3. The zero-order valence-electron chi connectivity index (χ0n) is 14.0. The van der Waals surface area contributed by atoms with E-state index in [4.69, 9.17) is 0 Å². The normalized spacial score (nSPS) is 17.4. The summed E-state index contributed by atoms with van der Waals surface area (Å²) in [5.74, 6) is 0.157. The van der Waals surface area contributed by atoms with E-state index in [1.54, 1.807) is 41.1 Å². The quantitative estimate of drug-likeness (QED) is 0.891. The monoisotopic (exact) mass is 319 g/mol. The summed E-state index contributed by atoms with van der Waals surface area (Å²) in [7, 11) is 1.74. The van der Waals surface area contributed by atoms with Gasteiger partial charge in [0.05, 0.1) is 0 Å². The van der Waals surface area contributed by atoms with Crippen LogP contribution in [0.25, 0.3) is 0 Å². The van der Waals surface area contributed by atoms with Gasteiger partial charge in [-0.15, -0.1) is 0 Å². The molecule has 1 atom stereocenters. The maximum Gasteiger partial charge on any atom is 0.318 e. The number of carbonyl (C=O) groups excluding carboxylic acids is 2. The summed E-state index contributed by atoms with van der Waals surface area (Å²) in [6.07, 6.45) is 1.54. The first-order valence-electron chi connectivity index (χ1n) is 7.98. The third kappa shape index (κ3) is 4.37. The summed E-state index contributed by atoms with van der Waals surface area (Å²) in [4.78, 5) is 28.1. The van der Waals surface area contributed by atoms with E-state index in [1.165, 1.54) is 0 Å². The number of carbonyl (C=O) groups is 2. The molecule has 1 aliphatic rings. The Balaban J connectivity index is 2.00. The van der Waals surface area contributed by atoms with Gasteiger partial charge in [-0.05, 0) is 44.4 Å². The van der Waals surface area contributed by atoms with Crippen LogP contribution in [-0.2, 0) is 11.3 Å². The Bertz CT molecular complexity index is 557. The third-order valence-corrected chi connectivity index (χ3v) is 3.94. The molecule has 0 radical (unpaired) electrons. The number of phenols is 1. The second-order valence-electron chi connectivity index (χ2n) is 6.32. The van der Waals surface area contributed by atoms with Crippen LogP contribution >= 0.6 is 0 Å². The molecule has 1 fully saturated rings. The molecule has 2 N–H and O–H groups in total. The first kappa shape index (κ1) is 17.1. The fourth-order valence-electron chi connectivity index (χ4n) is 2.80. The van der Waals surface area contributed by atoms with Crippen molar-refractivity contribution in [1.82, 2.24) is 15.1 Å². The van der Waals surface area contributed by atoms with Crippen molar-refractivity contribution in [3.05, 3.63) is 29.8 Å². The number of likely N-dealkylation sites (tertiary alicyclic amines) is 1. The van der Waals surface area contributed by atoms with Crippen molar-refractivity contribution < 1.29 is 14.7 Å². The van der Waals surface area contributed by atoms with Crippen molar-refractivity contribution in [2.75, 3.05) is 13.6 Å². The number of urea groups is 1. The zero-order valence-corrected chi connectivity index (χ0v) is 14.0. The average Bonchev–Trinajstić information content (AvgIpc) is 2.97. The molecule has 1 aromatic rings. The van der Waals surface area contributed by atoms with Crippen LogP contribution in [-0.4, -0.2) is 52.5 Å². The summed E-state index contributed by atoms with van der Waals surface area (Å²) in [6, 6.07) is 6.27. The van der Waals surface area contributed by atoms with E-state index in [0.29, 0.717) is 19.5 Å². The van der Waals surface area contributed by atoms with Gasteiger partial charge in [0.25, 0.3) is 0 Å². The van der Waals surface area contributed by atoms with Gasteiger partial charge in [0, 0.05) is 26.2 Å². The number of likely N-dealkylation sites (N-methyl/N-ethyl adjacent to an activating group) is 1. The van der Waals surface area contributed by atoms with Crippen molar-refractivity contribution >= 4 is 11.9 Å². The zero-order chi connectivity index (χ0) is 17.0. The molecular weight excluding hydrogens is 294 g/mol. The number of benzene rings is 1. The lowest BCUT2D eigenvalue weighted by atomic mass is 10.1. The van der Waals surface area contributed by atoms with Crippen molar-refractivity contribution in [3.8, 4) is 5.75 Å². The van der Waals surface area contributed by atoms with Gasteiger partial charge in [0.15, 0.2) is 0 Å². The first-order valence-corrected chi connectivity index (χ1v) is 7.98. The highest BCUT2D eigenvalue weighted by Crippen LogP contribution is 2.20. The molecule has 6 heteroatoms. The molecule has 0 saturated carbocycles. The highest BCUT2D eigenvalue weighted by molar-refractivity contribution is 5.87. The Morgan fingerprint density at radius 1 is 1.35 bits per heavy atom. The standard InChI is InChI=1S/C17H25N3O3/c1-12(2)18-17(23)20-10-4-5-15(20)16(22)19(3)11-13-6-8-14(21)9-7-13/h6-9,12,15,21H,4-5,10-11H2,1-3H3,(H,18,23). The minimum absolute atomic E-state index is 0.0468. The summed E-state index contributed by atoms with van der Waals surface area (Å²) >= 11 is 0. The van der Waals surface area contributed by atoms with Crippen molar-refractivity contribution in [1.29, 1.82) is 0 Å². The van der Waals surface area contributed by atoms with Crippen LogP contribution in [0.2, 0.25) is 0 Å². The molecule has 0 aliphatic carbocycles. The van der Waals surface area contributed by atoms with E-state index in [0.717, 1.165) is 12.0 Å². The summed E-state index contributed by atoms with van der Waals surface area (Å²) in [5, 5.41) is 12.2. The summed E-state index contributed by atoms with van der Waals surface area (Å²) < 4.78 is 0. The van der Waals surface area contributed by atoms with Crippen LogP contribution in [0, 0.1) is 0 Å². The molecule has 1 aliphatic heterocycles. The van der Waals surface area contributed by atoms with Gasteiger partial charge in [0.1, 0.15) is 11.8 Å². The van der Waals surface area contributed by atoms with E-state index >= 15 is 0 Å². The Labute approximate surface area is 137 Å².